The van der Waals surface area contributed by atoms with Crippen molar-refractivity contribution in [2.24, 2.45) is 0 Å². The highest BCUT2D eigenvalue weighted by atomic mass is 32.1. The van der Waals surface area contributed by atoms with E-state index in [1.807, 2.05) is 60.8 Å². The molecule has 0 amide bonds. The van der Waals surface area contributed by atoms with Crippen LogP contribution in [0.25, 0.3) is 21.9 Å². The number of aliphatic carboxylic acids is 2. The number of carboxylic acids is 2. The molecule has 0 bridgehead atoms. The Balaban J connectivity index is 0.000000493. The number of nitrogens with zero attached hydrogens (tertiary/aromatic N) is 3. The van der Waals surface area contributed by atoms with E-state index in [2.05, 4.69) is 24.0 Å². The summed E-state index contributed by atoms with van der Waals surface area (Å²) in [4.78, 5) is 28.2. The lowest BCUT2D eigenvalue weighted by Crippen LogP contribution is -2.21. The molecule has 10 nitrogen and oxygen atoms in total. The van der Waals surface area contributed by atoms with Gasteiger partial charge in [-0.3, -0.25) is 4.79 Å². The lowest BCUT2D eigenvalue weighted by molar-refractivity contribution is -0.192. The molecule has 5 rings (SSSR count). The van der Waals surface area contributed by atoms with Crippen LogP contribution in [0.4, 0.5) is 19.0 Å². The average Bonchev–Trinajstić information content (AvgIpc) is 3.59. The smallest absolute Gasteiger partial charge is 0.490 e. The molecule has 0 saturated carbocycles. The Morgan fingerprint density at radius 2 is 1.85 bits per heavy atom. The fraction of sp³-hybridized carbons (Fsp3) is 0.222. The summed E-state index contributed by atoms with van der Waals surface area (Å²) in [6, 6.07) is 17.4. The molecular formula is C27H24F3N5O5S. The molecule has 1 atom stereocenters. The molecule has 0 spiro atoms. The third-order valence-corrected chi connectivity index (χ3v) is 6.48. The number of aromatic amines is 1. The Labute approximate surface area is 235 Å². The van der Waals surface area contributed by atoms with Crippen LogP contribution in [0, 0.1) is 0 Å². The monoisotopic (exact) mass is 587 g/mol. The van der Waals surface area contributed by atoms with E-state index < -0.39 is 18.1 Å². The third-order valence-electron chi connectivity index (χ3n) is 5.94. The van der Waals surface area contributed by atoms with Crippen molar-refractivity contribution in [3.05, 3.63) is 78.1 Å². The zero-order valence-electron chi connectivity index (χ0n) is 21.3. The summed E-state index contributed by atoms with van der Waals surface area (Å²) < 4.78 is 46.4. The summed E-state index contributed by atoms with van der Waals surface area (Å²) in [5.41, 5.74) is 4.23. The van der Waals surface area contributed by atoms with Crippen molar-refractivity contribution in [2.75, 3.05) is 18.5 Å². The van der Waals surface area contributed by atoms with Crippen molar-refractivity contribution in [3.8, 4) is 5.75 Å². The van der Waals surface area contributed by atoms with E-state index in [0.717, 1.165) is 69.3 Å². The van der Waals surface area contributed by atoms with Crippen LogP contribution >= 0.6 is 11.7 Å². The Bertz CT molecular complexity index is 1620. The molecule has 1 unspecified atom stereocenters. The van der Waals surface area contributed by atoms with Crippen LogP contribution in [-0.4, -0.2) is 60.2 Å². The first kappa shape index (κ1) is 29.3. The quantitative estimate of drug-likeness (QED) is 0.151. The number of halogens is 3. The number of nitrogens with one attached hydrogen (secondary N) is 2. The number of pyridine rings is 1. The van der Waals surface area contributed by atoms with Gasteiger partial charge in [0.2, 0.25) is 0 Å². The number of fused-ring (bicyclic) bond motifs is 2. The van der Waals surface area contributed by atoms with E-state index in [9.17, 15) is 23.1 Å². The fourth-order valence-corrected chi connectivity index (χ4v) is 4.68. The second kappa shape index (κ2) is 13.1. The predicted octanol–water partition coefficient (Wildman–Crippen LogP) is 5.69. The molecule has 0 aliphatic heterocycles. The third kappa shape index (κ3) is 7.69. The lowest BCUT2D eigenvalue weighted by Gasteiger charge is -2.15. The molecule has 14 heteroatoms. The number of H-pyrrole nitrogens is 1. The Morgan fingerprint density at radius 3 is 2.56 bits per heavy atom. The van der Waals surface area contributed by atoms with Gasteiger partial charge in [0.05, 0.1) is 24.8 Å². The number of anilines is 1. The van der Waals surface area contributed by atoms with E-state index in [-0.39, 0.29) is 12.3 Å². The van der Waals surface area contributed by atoms with Crippen LogP contribution in [-0.2, 0) is 9.59 Å². The van der Waals surface area contributed by atoms with Crippen LogP contribution in [0.1, 0.15) is 29.9 Å². The summed E-state index contributed by atoms with van der Waals surface area (Å²) in [6.07, 6.45) is -0.645. The van der Waals surface area contributed by atoms with E-state index in [1.54, 1.807) is 6.20 Å². The summed E-state index contributed by atoms with van der Waals surface area (Å²) in [7, 11) is 0. The van der Waals surface area contributed by atoms with Crippen LogP contribution in [0.5, 0.6) is 5.75 Å². The number of hydrogen-bond acceptors (Lipinski definition) is 8. The first-order valence-corrected chi connectivity index (χ1v) is 13.0. The van der Waals surface area contributed by atoms with Gasteiger partial charge in [-0.15, -0.1) is 0 Å². The zero-order chi connectivity index (χ0) is 29.4. The highest BCUT2D eigenvalue weighted by Crippen LogP contribution is 2.37. The number of aromatic nitrogens is 4. The van der Waals surface area contributed by atoms with Gasteiger partial charge in [0.15, 0.2) is 0 Å². The molecule has 3 heterocycles. The van der Waals surface area contributed by atoms with E-state index in [1.165, 1.54) is 0 Å². The molecule has 2 aromatic carbocycles. The molecule has 214 valence electrons. The molecule has 5 aromatic rings. The molecule has 0 aliphatic carbocycles. The number of ether oxygens (including phenoxy) is 1. The number of carbonyl (C=O) groups is 2. The van der Waals surface area contributed by atoms with Crippen molar-refractivity contribution in [2.45, 2.75) is 24.9 Å². The van der Waals surface area contributed by atoms with Gasteiger partial charge in [0.1, 0.15) is 22.6 Å². The second-order valence-electron chi connectivity index (χ2n) is 8.73. The Morgan fingerprint density at radius 1 is 1.05 bits per heavy atom. The maximum absolute atomic E-state index is 11.7. The first-order valence-electron chi connectivity index (χ1n) is 12.3. The van der Waals surface area contributed by atoms with Crippen molar-refractivity contribution in [1.29, 1.82) is 0 Å². The number of carboxylic acid groups (broad SMARTS) is 2. The fourth-order valence-electron chi connectivity index (χ4n) is 4.12. The number of alkyl halides is 3. The average molecular weight is 588 g/mol. The number of hydrogen-bond donors (Lipinski definition) is 4. The first-order chi connectivity index (χ1) is 19.6. The van der Waals surface area contributed by atoms with Gasteiger partial charge < -0.3 is 25.3 Å². The highest BCUT2D eigenvalue weighted by Gasteiger charge is 2.38. The van der Waals surface area contributed by atoms with E-state index >= 15 is 0 Å². The topological polar surface area (TPSA) is 150 Å². The van der Waals surface area contributed by atoms with E-state index in [4.69, 9.17) is 14.6 Å². The maximum Gasteiger partial charge on any atom is 0.490 e. The molecule has 4 N–H and O–H groups in total. The van der Waals surface area contributed by atoms with Gasteiger partial charge in [0.25, 0.3) is 0 Å². The molecule has 0 aliphatic rings. The molecule has 3 aromatic heterocycles. The van der Waals surface area contributed by atoms with Gasteiger partial charge in [0, 0.05) is 41.8 Å². The molecule has 41 heavy (non-hydrogen) atoms. The van der Waals surface area contributed by atoms with Gasteiger partial charge in [-0.1, -0.05) is 18.2 Å². The van der Waals surface area contributed by atoms with Crippen LogP contribution in [0.15, 0.2) is 67.0 Å². The Kier molecular flexibility index (Phi) is 9.34. The Hall–Kier alpha value is -4.72. The lowest BCUT2D eigenvalue weighted by atomic mass is 9.87. The number of benzene rings is 2. The van der Waals surface area contributed by atoms with Crippen LogP contribution in [0.3, 0.4) is 0 Å². The molecule has 0 saturated heterocycles. The SMILES string of the molecule is O=C(O)C(F)(F)F.O=C(O)CC(c1c[nH]c2cc(OCCCNc3ccccn3)ccc12)c1cccc2nsnc12. The minimum Gasteiger partial charge on any atom is -0.493 e. The second-order valence-corrected chi connectivity index (χ2v) is 9.26. The van der Waals surface area contributed by atoms with Crippen molar-refractivity contribution >= 4 is 51.4 Å². The van der Waals surface area contributed by atoms with Crippen LogP contribution < -0.4 is 10.1 Å². The summed E-state index contributed by atoms with van der Waals surface area (Å²) in [5.74, 6) is -2.35. The summed E-state index contributed by atoms with van der Waals surface area (Å²) in [6.45, 7) is 1.33. The minimum absolute atomic E-state index is 0.0366. The number of rotatable bonds is 10. The minimum atomic E-state index is -5.08. The van der Waals surface area contributed by atoms with Gasteiger partial charge >= 0.3 is 18.1 Å². The largest absolute Gasteiger partial charge is 0.493 e. The predicted molar refractivity (Wildman–Crippen MR) is 146 cm³/mol. The van der Waals surface area contributed by atoms with Gasteiger partial charge in [-0.05, 0) is 47.9 Å². The zero-order valence-corrected chi connectivity index (χ0v) is 22.1. The van der Waals surface area contributed by atoms with Crippen molar-refractivity contribution < 1.29 is 37.7 Å². The van der Waals surface area contributed by atoms with Crippen molar-refractivity contribution in [1.82, 2.24) is 18.7 Å². The molecular weight excluding hydrogens is 563 g/mol. The maximum atomic E-state index is 11.7. The molecule has 0 radical (unpaired) electrons. The summed E-state index contributed by atoms with van der Waals surface area (Å²) in [5, 5.41) is 21.0. The highest BCUT2D eigenvalue weighted by molar-refractivity contribution is 7.00. The van der Waals surface area contributed by atoms with Gasteiger partial charge in [-0.2, -0.15) is 21.9 Å². The van der Waals surface area contributed by atoms with E-state index in [0.29, 0.717) is 6.61 Å². The van der Waals surface area contributed by atoms with Gasteiger partial charge in [-0.25, -0.2) is 9.78 Å². The standard InChI is InChI=1S/C25H23N5O3S.C2HF3O2/c31-24(32)14-19(18-5-3-6-21-25(18)30-34-29-21)20-15-28-22-13-16(8-9-17(20)22)33-12-4-11-27-23-7-1-2-10-26-23;3-2(4,5)1(6)7/h1-3,5-10,13,15,19,28H,4,11-12,14H2,(H,26,27)(H,31,32);(H,6,7). The van der Waals surface area contributed by atoms with Crippen LogP contribution in [0.2, 0.25) is 0 Å². The summed E-state index contributed by atoms with van der Waals surface area (Å²) >= 11 is 1.14. The normalized spacial score (nSPS) is 12.0. The van der Waals surface area contributed by atoms with Crippen molar-refractivity contribution in [3.63, 3.8) is 0 Å². The molecule has 0 fully saturated rings.